The van der Waals surface area contributed by atoms with Crippen LogP contribution in [0, 0.1) is 6.92 Å². The van der Waals surface area contributed by atoms with Crippen LogP contribution in [0.15, 0.2) is 5.51 Å². The molecule has 124 valence electrons. The molecule has 0 aliphatic heterocycles. The van der Waals surface area contributed by atoms with Crippen molar-refractivity contribution in [1.29, 1.82) is 0 Å². The van der Waals surface area contributed by atoms with Gasteiger partial charge in [0.1, 0.15) is 0 Å². The van der Waals surface area contributed by atoms with Gasteiger partial charge >= 0.3 is 0 Å². The summed E-state index contributed by atoms with van der Waals surface area (Å²) >= 11 is 1.63. The van der Waals surface area contributed by atoms with Crippen molar-refractivity contribution in [3.05, 3.63) is 33.0 Å². The van der Waals surface area contributed by atoms with Crippen LogP contribution in [0.2, 0.25) is 0 Å². The summed E-state index contributed by atoms with van der Waals surface area (Å²) < 4.78 is 0. The molecule has 0 bridgehead atoms. The van der Waals surface area contributed by atoms with E-state index in [1.807, 2.05) is 19.5 Å². The van der Waals surface area contributed by atoms with Crippen LogP contribution < -0.4 is 0 Å². The molecule has 1 N–H and O–H groups in total. The minimum absolute atomic E-state index is 0.170. The van der Waals surface area contributed by atoms with Crippen molar-refractivity contribution < 1.29 is 4.79 Å². The maximum Gasteiger partial charge on any atom is 0.223 e. The Bertz CT molecular complexity index is 676. The fourth-order valence-electron chi connectivity index (χ4n) is 3.15. The van der Waals surface area contributed by atoms with Crippen molar-refractivity contribution in [2.24, 2.45) is 0 Å². The third kappa shape index (κ3) is 3.80. The Morgan fingerprint density at radius 2 is 2.17 bits per heavy atom. The molecule has 1 aliphatic carbocycles. The van der Waals surface area contributed by atoms with Crippen molar-refractivity contribution in [2.45, 2.75) is 58.4 Å². The molecule has 0 spiro atoms. The van der Waals surface area contributed by atoms with Gasteiger partial charge in [-0.05, 0) is 44.6 Å². The number of nitrogens with one attached hydrogen (secondary N) is 1. The lowest BCUT2D eigenvalue weighted by atomic mass is 10.1. The van der Waals surface area contributed by atoms with Gasteiger partial charge in [0.05, 0.1) is 23.4 Å². The number of H-pyrrole nitrogens is 1. The van der Waals surface area contributed by atoms with E-state index in [4.69, 9.17) is 0 Å². The van der Waals surface area contributed by atoms with Crippen LogP contribution in [-0.4, -0.2) is 33.0 Å². The van der Waals surface area contributed by atoms with Gasteiger partial charge < -0.3 is 4.90 Å². The molecule has 0 radical (unpaired) electrons. The number of carbonyl (C=O) groups is 1. The number of fused-ring (bicyclic) bond motifs is 1. The highest BCUT2D eigenvalue weighted by Crippen LogP contribution is 2.22. The van der Waals surface area contributed by atoms with E-state index in [1.165, 1.54) is 35.4 Å². The number of thiazole rings is 1. The average molecular weight is 332 g/mol. The summed E-state index contributed by atoms with van der Waals surface area (Å²) in [5, 5.41) is 7.64. The maximum atomic E-state index is 12.4. The van der Waals surface area contributed by atoms with E-state index in [1.54, 1.807) is 16.2 Å². The first-order valence-corrected chi connectivity index (χ1v) is 9.21. The number of carbonyl (C=O) groups excluding carboxylic acids is 1. The lowest BCUT2D eigenvalue weighted by Crippen LogP contribution is -2.27. The lowest BCUT2D eigenvalue weighted by Gasteiger charge is -2.16. The number of nitrogens with zero attached hydrogens (tertiary/aromatic N) is 3. The maximum absolute atomic E-state index is 12.4. The molecule has 3 rings (SSSR count). The van der Waals surface area contributed by atoms with Crippen LogP contribution in [0.25, 0.3) is 0 Å². The number of hydrogen-bond acceptors (Lipinski definition) is 4. The fraction of sp³-hybridized carbons (Fsp3) is 0.588. The number of amides is 1. The van der Waals surface area contributed by atoms with Crippen LogP contribution in [0.5, 0.6) is 0 Å². The number of rotatable bonds is 5. The zero-order valence-corrected chi connectivity index (χ0v) is 14.7. The monoisotopic (exact) mass is 332 g/mol. The molecule has 2 aromatic rings. The third-order valence-electron chi connectivity index (χ3n) is 4.62. The molecule has 5 nitrogen and oxygen atoms in total. The van der Waals surface area contributed by atoms with Gasteiger partial charge in [-0.2, -0.15) is 5.10 Å². The van der Waals surface area contributed by atoms with Crippen LogP contribution in [0.4, 0.5) is 0 Å². The minimum atomic E-state index is 0.170. The van der Waals surface area contributed by atoms with Crippen LogP contribution in [0.3, 0.4) is 0 Å². The molecule has 6 heteroatoms. The van der Waals surface area contributed by atoms with E-state index in [2.05, 4.69) is 15.2 Å². The Hall–Kier alpha value is -1.69. The molecule has 0 atom stereocenters. The molecule has 2 heterocycles. The zero-order valence-electron chi connectivity index (χ0n) is 13.9. The normalized spacial score (nSPS) is 14.3. The highest BCUT2D eigenvalue weighted by Gasteiger charge is 2.18. The molecule has 0 aromatic carbocycles. The summed E-state index contributed by atoms with van der Waals surface area (Å²) in [6.07, 6.45) is 7.22. The summed E-state index contributed by atoms with van der Waals surface area (Å²) in [7, 11) is 1.87. The Kier molecular flexibility index (Phi) is 5.10. The topological polar surface area (TPSA) is 61.9 Å². The van der Waals surface area contributed by atoms with E-state index in [0.717, 1.165) is 30.7 Å². The lowest BCUT2D eigenvalue weighted by molar-refractivity contribution is -0.130. The summed E-state index contributed by atoms with van der Waals surface area (Å²) in [5.74, 6) is 0.170. The molecular formula is C17H24N4OS. The van der Waals surface area contributed by atoms with E-state index in [0.29, 0.717) is 13.0 Å². The fourth-order valence-corrected chi connectivity index (χ4v) is 3.93. The van der Waals surface area contributed by atoms with Gasteiger partial charge in [-0.25, -0.2) is 4.98 Å². The second-order valence-electron chi connectivity index (χ2n) is 6.30. The number of aromatic nitrogens is 3. The van der Waals surface area contributed by atoms with E-state index >= 15 is 0 Å². The van der Waals surface area contributed by atoms with Crippen LogP contribution in [-0.2, 0) is 30.6 Å². The largest absolute Gasteiger partial charge is 0.340 e. The second kappa shape index (κ2) is 7.25. The van der Waals surface area contributed by atoms with Gasteiger partial charge in [-0.3, -0.25) is 9.89 Å². The van der Waals surface area contributed by atoms with Crippen LogP contribution >= 0.6 is 11.3 Å². The highest BCUT2D eigenvalue weighted by molar-refractivity contribution is 7.09. The molecule has 0 fully saturated rings. The van der Waals surface area contributed by atoms with Crippen molar-refractivity contribution in [3.63, 3.8) is 0 Å². The van der Waals surface area contributed by atoms with Crippen molar-refractivity contribution in [1.82, 2.24) is 20.1 Å². The number of hydrogen-bond donors (Lipinski definition) is 1. The number of aryl methyl sites for hydroxylation is 3. The van der Waals surface area contributed by atoms with Gasteiger partial charge in [0, 0.05) is 24.0 Å². The zero-order chi connectivity index (χ0) is 16.2. The second-order valence-corrected chi connectivity index (χ2v) is 7.24. The molecule has 0 saturated heterocycles. The van der Waals surface area contributed by atoms with Crippen LogP contribution in [0.1, 0.15) is 53.2 Å². The molecule has 23 heavy (non-hydrogen) atoms. The third-order valence-corrected chi connectivity index (χ3v) is 5.61. The summed E-state index contributed by atoms with van der Waals surface area (Å²) in [6.45, 7) is 2.60. The molecule has 2 aromatic heterocycles. The molecule has 0 unspecified atom stereocenters. The molecular weight excluding hydrogens is 308 g/mol. The van der Waals surface area contributed by atoms with E-state index in [9.17, 15) is 4.79 Å². The SMILES string of the molecule is Cc1ncsc1CCC(=O)N(C)Cc1n[nH]c2c1CCCCC2. The van der Waals surface area contributed by atoms with Gasteiger partial charge in [-0.15, -0.1) is 11.3 Å². The smallest absolute Gasteiger partial charge is 0.223 e. The summed E-state index contributed by atoms with van der Waals surface area (Å²) in [4.78, 5) is 19.6. The Morgan fingerprint density at radius 1 is 1.35 bits per heavy atom. The van der Waals surface area contributed by atoms with Crippen molar-refractivity contribution >= 4 is 17.2 Å². The van der Waals surface area contributed by atoms with Crippen molar-refractivity contribution in [3.8, 4) is 0 Å². The predicted octanol–water partition coefficient (Wildman–Crippen LogP) is 3.03. The summed E-state index contributed by atoms with van der Waals surface area (Å²) in [5.41, 5.74) is 6.56. The first kappa shape index (κ1) is 16.2. The molecule has 0 saturated carbocycles. The van der Waals surface area contributed by atoms with E-state index in [-0.39, 0.29) is 5.91 Å². The van der Waals surface area contributed by atoms with Gasteiger partial charge in [0.2, 0.25) is 5.91 Å². The van der Waals surface area contributed by atoms with Gasteiger partial charge in [0.15, 0.2) is 0 Å². The quantitative estimate of drug-likeness (QED) is 0.856. The predicted molar refractivity (Wildman–Crippen MR) is 91.5 cm³/mol. The Morgan fingerprint density at radius 3 is 2.96 bits per heavy atom. The first-order chi connectivity index (χ1) is 11.1. The Balaban J connectivity index is 1.58. The molecule has 1 aliphatic rings. The summed E-state index contributed by atoms with van der Waals surface area (Å²) in [6, 6.07) is 0. The van der Waals surface area contributed by atoms with Gasteiger partial charge in [-0.1, -0.05) is 6.42 Å². The highest BCUT2D eigenvalue weighted by atomic mass is 32.1. The standard InChI is InChI=1S/C17H24N4OS/c1-12-16(23-11-18-12)8-9-17(22)21(2)10-15-13-6-4-3-5-7-14(13)19-20-15/h11H,3-10H2,1-2H3,(H,19,20). The van der Waals surface area contributed by atoms with E-state index < -0.39 is 0 Å². The van der Waals surface area contributed by atoms with Gasteiger partial charge in [0.25, 0.3) is 0 Å². The minimum Gasteiger partial charge on any atom is -0.340 e. The first-order valence-electron chi connectivity index (χ1n) is 8.33. The Labute approximate surface area is 141 Å². The number of aromatic amines is 1. The molecule has 1 amide bonds. The van der Waals surface area contributed by atoms with Crippen molar-refractivity contribution in [2.75, 3.05) is 7.05 Å². The average Bonchev–Trinajstić information content (AvgIpc) is 3.03.